The molecule has 1 N–H and O–H groups in total. The van der Waals surface area contributed by atoms with Crippen molar-refractivity contribution in [2.75, 3.05) is 11.9 Å². The third-order valence-electron chi connectivity index (χ3n) is 3.29. The van der Waals surface area contributed by atoms with E-state index >= 15 is 0 Å². The number of carbonyl (C=O) groups excluding carboxylic acids is 2. The van der Waals surface area contributed by atoms with E-state index < -0.39 is 47.7 Å². The fourth-order valence-corrected chi connectivity index (χ4v) is 2.00. The van der Waals surface area contributed by atoms with Crippen LogP contribution in [0.25, 0.3) is 0 Å². The van der Waals surface area contributed by atoms with Crippen LogP contribution in [0.4, 0.5) is 18.9 Å². The van der Waals surface area contributed by atoms with Crippen LogP contribution in [0.1, 0.15) is 12.5 Å². The molecule has 0 bridgehead atoms. The maximum atomic E-state index is 13.5. The van der Waals surface area contributed by atoms with E-state index in [9.17, 15) is 22.8 Å². The molecule has 0 unspecified atom stereocenters. The highest BCUT2D eigenvalue weighted by atomic mass is 19.2. The van der Waals surface area contributed by atoms with Crippen LogP contribution in [0.15, 0.2) is 36.4 Å². The molecule has 0 aromatic heterocycles. The number of carbonyl (C=O) groups is 2. The molecular formula is C18H16F3NO4. The van der Waals surface area contributed by atoms with E-state index in [1.807, 2.05) is 18.3 Å². The lowest BCUT2D eigenvalue weighted by molar-refractivity contribution is -0.153. The van der Waals surface area contributed by atoms with Gasteiger partial charge in [-0.2, -0.15) is 0 Å². The lowest BCUT2D eigenvalue weighted by Crippen LogP contribution is -2.30. The van der Waals surface area contributed by atoms with Gasteiger partial charge in [0.1, 0.15) is 5.75 Å². The smallest absolute Gasteiger partial charge is 0.347 e. The Morgan fingerprint density at radius 2 is 1.85 bits per heavy atom. The maximum Gasteiger partial charge on any atom is 0.347 e. The first-order chi connectivity index (χ1) is 12.3. The third kappa shape index (κ3) is 4.98. The number of hydrogen-bond acceptors (Lipinski definition) is 4. The molecule has 2 aromatic carbocycles. The Hall–Kier alpha value is -3.03. The number of anilines is 1. The number of amides is 1. The van der Waals surface area contributed by atoms with Crippen molar-refractivity contribution in [1.29, 1.82) is 0 Å². The van der Waals surface area contributed by atoms with E-state index in [-0.39, 0.29) is 0 Å². The second-order valence-electron chi connectivity index (χ2n) is 5.46. The van der Waals surface area contributed by atoms with Crippen molar-refractivity contribution in [3.8, 4) is 5.75 Å². The zero-order chi connectivity index (χ0) is 19.3. The van der Waals surface area contributed by atoms with Gasteiger partial charge in [0.15, 0.2) is 30.2 Å². The summed E-state index contributed by atoms with van der Waals surface area (Å²) in [6, 6.07) is 8.52. The second kappa shape index (κ2) is 8.37. The van der Waals surface area contributed by atoms with Crippen molar-refractivity contribution in [2.45, 2.75) is 20.0 Å². The first-order valence-corrected chi connectivity index (χ1v) is 7.61. The molecule has 8 heteroatoms. The van der Waals surface area contributed by atoms with E-state index in [1.165, 1.54) is 6.92 Å². The summed E-state index contributed by atoms with van der Waals surface area (Å²) in [7, 11) is 0. The predicted molar refractivity (Wildman–Crippen MR) is 87.2 cm³/mol. The molecule has 0 saturated carbocycles. The van der Waals surface area contributed by atoms with E-state index in [1.54, 1.807) is 18.2 Å². The number of rotatable bonds is 6. The highest BCUT2D eigenvalue weighted by Crippen LogP contribution is 2.19. The highest BCUT2D eigenvalue weighted by Gasteiger charge is 2.19. The first-order valence-electron chi connectivity index (χ1n) is 7.61. The van der Waals surface area contributed by atoms with Gasteiger partial charge < -0.3 is 14.8 Å². The van der Waals surface area contributed by atoms with Gasteiger partial charge in [-0.3, -0.25) is 4.79 Å². The first kappa shape index (κ1) is 19.3. The molecule has 2 aromatic rings. The van der Waals surface area contributed by atoms with Gasteiger partial charge in [0, 0.05) is 0 Å². The summed E-state index contributed by atoms with van der Waals surface area (Å²) in [4.78, 5) is 23.5. The van der Waals surface area contributed by atoms with Crippen molar-refractivity contribution >= 4 is 17.6 Å². The van der Waals surface area contributed by atoms with Gasteiger partial charge in [0.2, 0.25) is 0 Å². The van der Waals surface area contributed by atoms with E-state index in [0.717, 1.165) is 11.6 Å². The minimum atomic E-state index is -1.71. The fourth-order valence-electron chi connectivity index (χ4n) is 2.00. The topological polar surface area (TPSA) is 64.6 Å². The Labute approximate surface area is 147 Å². The van der Waals surface area contributed by atoms with Crippen molar-refractivity contribution in [3.05, 3.63) is 59.4 Å². The molecule has 1 atom stereocenters. The molecule has 1 amide bonds. The van der Waals surface area contributed by atoms with Crippen LogP contribution in [-0.4, -0.2) is 24.6 Å². The van der Waals surface area contributed by atoms with Crippen molar-refractivity contribution in [2.24, 2.45) is 0 Å². The zero-order valence-corrected chi connectivity index (χ0v) is 14.0. The summed E-state index contributed by atoms with van der Waals surface area (Å²) in [6.07, 6.45) is -0.982. The van der Waals surface area contributed by atoms with Crippen LogP contribution >= 0.6 is 0 Å². The summed E-state index contributed by atoms with van der Waals surface area (Å²) in [5, 5.41) is 1.99. The summed E-state index contributed by atoms with van der Waals surface area (Å²) in [5.41, 5.74) is 0.380. The number of aryl methyl sites for hydroxylation is 1. The molecule has 0 aliphatic carbocycles. The molecule has 0 aliphatic heterocycles. The van der Waals surface area contributed by atoms with Crippen LogP contribution in [0.5, 0.6) is 5.75 Å². The summed E-state index contributed by atoms with van der Waals surface area (Å²) < 4.78 is 49.6. The van der Waals surface area contributed by atoms with Crippen molar-refractivity contribution in [3.63, 3.8) is 0 Å². The normalized spacial score (nSPS) is 11.6. The molecule has 138 valence electrons. The van der Waals surface area contributed by atoms with Crippen LogP contribution in [0.2, 0.25) is 0 Å². The minimum Gasteiger partial charge on any atom is -0.479 e. The van der Waals surface area contributed by atoms with Crippen molar-refractivity contribution in [1.82, 2.24) is 0 Å². The Morgan fingerprint density at radius 3 is 2.54 bits per heavy atom. The van der Waals surface area contributed by atoms with Gasteiger partial charge in [0.25, 0.3) is 5.91 Å². The fraction of sp³-hybridized carbons (Fsp3) is 0.222. The summed E-state index contributed by atoms with van der Waals surface area (Å²) in [5.74, 6) is -5.89. The molecule has 2 rings (SSSR count). The van der Waals surface area contributed by atoms with E-state index in [2.05, 4.69) is 0 Å². The van der Waals surface area contributed by atoms with Crippen molar-refractivity contribution < 1.29 is 32.2 Å². The SMILES string of the molecule is Cc1cccc(O[C@@H](C)C(=O)OCC(=O)Nc2ccc(F)c(F)c2F)c1. The van der Waals surface area contributed by atoms with Crippen LogP contribution in [-0.2, 0) is 14.3 Å². The third-order valence-corrected chi connectivity index (χ3v) is 3.29. The maximum absolute atomic E-state index is 13.5. The van der Waals surface area contributed by atoms with Crippen LogP contribution < -0.4 is 10.1 Å². The number of nitrogens with one attached hydrogen (secondary N) is 1. The van der Waals surface area contributed by atoms with Gasteiger partial charge >= 0.3 is 5.97 Å². The van der Waals surface area contributed by atoms with Crippen LogP contribution in [0, 0.1) is 24.4 Å². The summed E-state index contributed by atoms with van der Waals surface area (Å²) in [6.45, 7) is 2.56. The quantitative estimate of drug-likeness (QED) is 0.628. The molecule has 0 spiro atoms. The van der Waals surface area contributed by atoms with Gasteiger partial charge in [-0.05, 0) is 43.7 Å². The molecule has 0 heterocycles. The molecule has 5 nitrogen and oxygen atoms in total. The lowest BCUT2D eigenvalue weighted by atomic mass is 10.2. The van der Waals surface area contributed by atoms with Crippen LogP contribution in [0.3, 0.4) is 0 Å². The monoisotopic (exact) mass is 367 g/mol. The molecule has 26 heavy (non-hydrogen) atoms. The molecule has 0 fully saturated rings. The van der Waals surface area contributed by atoms with E-state index in [0.29, 0.717) is 11.8 Å². The number of hydrogen-bond donors (Lipinski definition) is 1. The standard InChI is InChI=1S/C18H16F3NO4/c1-10-4-3-5-12(8-10)26-11(2)18(24)25-9-15(23)22-14-7-6-13(19)16(20)17(14)21/h3-8,11H,9H2,1-2H3,(H,22,23)/t11-/m0/s1. The Morgan fingerprint density at radius 1 is 1.12 bits per heavy atom. The lowest BCUT2D eigenvalue weighted by Gasteiger charge is -2.14. The minimum absolute atomic E-state index is 0.461. The number of esters is 1. The number of halogens is 3. The number of ether oxygens (including phenoxy) is 2. The Balaban J connectivity index is 1.86. The van der Waals surface area contributed by atoms with Gasteiger partial charge in [-0.25, -0.2) is 18.0 Å². The predicted octanol–water partition coefficient (Wildman–Crippen LogP) is 3.36. The molecular weight excluding hydrogens is 351 g/mol. The highest BCUT2D eigenvalue weighted by molar-refractivity contribution is 5.93. The number of benzene rings is 2. The Bertz CT molecular complexity index is 826. The zero-order valence-electron chi connectivity index (χ0n) is 14.0. The average molecular weight is 367 g/mol. The molecule has 0 saturated heterocycles. The average Bonchev–Trinajstić information content (AvgIpc) is 2.60. The second-order valence-corrected chi connectivity index (χ2v) is 5.46. The Kier molecular flexibility index (Phi) is 6.21. The summed E-state index contributed by atoms with van der Waals surface area (Å²) >= 11 is 0. The molecule has 0 aliphatic rings. The largest absolute Gasteiger partial charge is 0.479 e. The van der Waals surface area contributed by atoms with Gasteiger partial charge in [-0.15, -0.1) is 0 Å². The molecule has 0 radical (unpaired) electrons. The van der Waals surface area contributed by atoms with Gasteiger partial charge in [0.05, 0.1) is 5.69 Å². The van der Waals surface area contributed by atoms with Gasteiger partial charge in [-0.1, -0.05) is 12.1 Å². The van der Waals surface area contributed by atoms with E-state index in [4.69, 9.17) is 9.47 Å².